The van der Waals surface area contributed by atoms with Crippen molar-refractivity contribution in [3.05, 3.63) is 29.1 Å². The quantitative estimate of drug-likeness (QED) is 0.317. The largest absolute Gasteiger partial charge is 0.467 e. The number of fused-ring (bicyclic) bond motifs is 1. The highest BCUT2D eigenvalue weighted by atomic mass is 127. The minimum Gasteiger partial charge on any atom is -0.467 e. The smallest absolute Gasteiger partial charge is 0.191 e. The van der Waals surface area contributed by atoms with Gasteiger partial charge in [0.25, 0.3) is 0 Å². The Labute approximate surface area is 195 Å². The molecule has 1 aromatic rings. The highest BCUT2D eigenvalue weighted by molar-refractivity contribution is 14.0. The maximum atomic E-state index is 13.9. The summed E-state index contributed by atoms with van der Waals surface area (Å²) < 4.78 is 30.2. The number of hydrogen-bond acceptors (Lipinski definition) is 5. The van der Waals surface area contributed by atoms with Gasteiger partial charge in [0.2, 0.25) is 0 Å². The van der Waals surface area contributed by atoms with Gasteiger partial charge in [0.1, 0.15) is 11.6 Å². The molecular weight excluding hydrogens is 502 g/mol. The van der Waals surface area contributed by atoms with E-state index in [9.17, 15) is 4.39 Å². The molecule has 1 aromatic carbocycles. The first-order valence-electron chi connectivity index (χ1n) is 10.4. The second-order valence-electron chi connectivity index (χ2n) is 7.75. The normalized spacial score (nSPS) is 18.2. The van der Waals surface area contributed by atoms with E-state index in [-0.39, 0.29) is 36.6 Å². The van der Waals surface area contributed by atoms with E-state index in [0.717, 1.165) is 55.7 Å². The SMILES string of the molecule is CN=C(NCCc1cc(F)cc2c1OCOC2)NCC(C(C)C)N1CCOCC1.I. The van der Waals surface area contributed by atoms with Crippen molar-refractivity contribution >= 4 is 29.9 Å². The van der Waals surface area contributed by atoms with Gasteiger partial charge in [-0.25, -0.2) is 4.39 Å². The minimum absolute atomic E-state index is 0. The van der Waals surface area contributed by atoms with Gasteiger partial charge in [-0.1, -0.05) is 13.8 Å². The lowest BCUT2D eigenvalue weighted by Crippen LogP contribution is -2.52. The monoisotopic (exact) mass is 536 g/mol. The summed E-state index contributed by atoms with van der Waals surface area (Å²) in [5.74, 6) is 1.76. The molecule has 1 fully saturated rings. The van der Waals surface area contributed by atoms with Crippen LogP contribution in [0, 0.1) is 11.7 Å². The second-order valence-corrected chi connectivity index (χ2v) is 7.75. The highest BCUT2D eigenvalue weighted by Crippen LogP contribution is 2.29. The summed E-state index contributed by atoms with van der Waals surface area (Å²) in [5, 5.41) is 6.77. The van der Waals surface area contributed by atoms with Crippen LogP contribution >= 0.6 is 24.0 Å². The first-order valence-corrected chi connectivity index (χ1v) is 10.4. The van der Waals surface area contributed by atoms with Crippen molar-refractivity contribution in [3.63, 3.8) is 0 Å². The van der Waals surface area contributed by atoms with E-state index in [1.807, 2.05) is 0 Å². The molecule has 1 atom stereocenters. The zero-order valence-corrected chi connectivity index (χ0v) is 20.4. The van der Waals surface area contributed by atoms with E-state index in [1.165, 1.54) is 12.1 Å². The van der Waals surface area contributed by atoms with E-state index in [2.05, 4.69) is 34.4 Å². The first kappa shape index (κ1) is 25.1. The van der Waals surface area contributed by atoms with Crippen molar-refractivity contribution in [2.75, 3.05) is 53.2 Å². The average molecular weight is 536 g/mol. The van der Waals surface area contributed by atoms with Crippen LogP contribution in [0.25, 0.3) is 0 Å². The number of hydrogen-bond donors (Lipinski definition) is 2. The Morgan fingerprint density at radius 1 is 1.20 bits per heavy atom. The Morgan fingerprint density at radius 3 is 2.67 bits per heavy atom. The van der Waals surface area contributed by atoms with Gasteiger partial charge in [0.15, 0.2) is 12.8 Å². The molecule has 3 rings (SSSR count). The maximum absolute atomic E-state index is 13.9. The van der Waals surface area contributed by atoms with Gasteiger partial charge in [-0.2, -0.15) is 0 Å². The minimum atomic E-state index is -0.263. The lowest BCUT2D eigenvalue weighted by Gasteiger charge is -2.37. The number of benzene rings is 1. The first-order chi connectivity index (χ1) is 14.1. The lowest BCUT2D eigenvalue weighted by molar-refractivity contribution is -0.0172. The number of halogens is 2. The molecule has 0 saturated carbocycles. The van der Waals surface area contributed by atoms with Gasteiger partial charge in [0, 0.05) is 44.8 Å². The molecule has 2 N–H and O–H groups in total. The lowest BCUT2D eigenvalue weighted by atomic mass is 10.0. The summed E-state index contributed by atoms with van der Waals surface area (Å²) >= 11 is 0. The molecule has 0 spiro atoms. The van der Waals surface area contributed by atoms with Crippen molar-refractivity contribution < 1.29 is 18.6 Å². The van der Waals surface area contributed by atoms with E-state index in [0.29, 0.717) is 31.5 Å². The number of guanidine groups is 1. The van der Waals surface area contributed by atoms with E-state index in [1.54, 1.807) is 7.05 Å². The second kappa shape index (κ2) is 12.6. The Morgan fingerprint density at radius 2 is 1.97 bits per heavy atom. The van der Waals surface area contributed by atoms with Crippen LogP contribution in [0.15, 0.2) is 17.1 Å². The average Bonchev–Trinajstić information content (AvgIpc) is 2.73. The van der Waals surface area contributed by atoms with Crippen LogP contribution in [0.5, 0.6) is 5.75 Å². The zero-order valence-electron chi connectivity index (χ0n) is 18.1. The molecular formula is C21H34FIN4O3. The summed E-state index contributed by atoms with van der Waals surface area (Å²) in [5.41, 5.74) is 1.61. The number of nitrogens with one attached hydrogen (secondary N) is 2. The Balaban J connectivity index is 0.00000320. The van der Waals surface area contributed by atoms with Crippen LogP contribution in [-0.4, -0.2) is 70.1 Å². The van der Waals surface area contributed by atoms with Gasteiger partial charge in [-0.05, 0) is 30.0 Å². The number of nitrogens with zero attached hydrogens (tertiary/aromatic N) is 2. The molecule has 7 nitrogen and oxygen atoms in total. The maximum Gasteiger partial charge on any atom is 0.191 e. The molecule has 0 aliphatic carbocycles. The van der Waals surface area contributed by atoms with Crippen molar-refractivity contribution in [2.24, 2.45) is 10.9 Å². The summed E-state index contributed by atoms with van der Waals surface area (Å²) in [4.78, 5) is 6.81. The highest BCUT2D eigenvalue weighted by Gasteiger charge is 2.24. The van der Waals surface area contributed by atoms with Crippen molar-refractivity contribution in [1.82, 2.24) is 15.5 Å². The molecule has 170 valence electrons. The van der Waals surface area contributed by atoms with E-state index < -0.39 is 0 Å². The molecule has 2 aliphatic rings. The van der Waals surface area contributed by atoms with Gasteiger partial charge in [-0.3, -0.25) is 9.89 Å². The molecule has 2 heterocycles. The van der Waals surface area contributed by atoms with E-state index >= 15 is 0 Å². The summed E-state index contributed by atoms with van der Waals surface area (Å²) in [6.07, 6.45) is 0.637. The fraction of sp³-hybridized carbons (Fsp3) is 0.667. The fourth-order valence-electron chi connectivity index (χ4n) is 3.88. The number of morpholine rings is 1. The van der Waals surface area contributed by atoms with Crippen LogP contribution < -0.4 is 15.4 Å². The summed E-state index contributed by atoms with van der Waals surface area (Å²) in [6.45, 7) is 10.0. The van der Waals surface area contributed by atoms with Crippen LogP contribution in [-0.2, 0) is 22.5 Å². The molecule has 0 amide bonds. The molecule has 1 saturated heterocycles. The standard InChI is InChI=1S/C21H33FN4O3.HI/c1-15(2)19(26-6-8-27-9-7-26)12-25-21(23-3)24-5-4-16-10-18(22)11-17-13-28-14-29-20(16)17;/h10-11,15,19H,4-9,12-14H2,1-3H3,(H2,23,24,25);1H. The Bertz CT molecular complexity index is 699. The van der Waals surface area contributed by atoms with Gasteiger partial charge >= 0.3 is 0 Å². The number of ether oxygens (including phenoxy) is 3. The third-order valence-corrected chi connectivity index (χ3v) is 5.42. The van der Waals surface area contributed by atoms with Gasteiger partial charge in [-0.15, -0.1) is 24.0 Å². The van der Waals surface area contributed by atoms with Crippen LogP contribution in [0.1, 0.15) is 25.0 Å². The fourth-order valence-corrected chi connectivity index (χ4v) is 3.88. The van der Waals surface area contributed by atoms with Crippen molar-refractivity contribution in [2.45, 2.75) is 32.9 Å². The van der Waals surface area contributed by atoms with Crippen molar-refractivity contribution in [1.29, 1.82) is 0 Å². The van der Waals surface area contributed by atoms with Crippen LogP contribution in [0.3, 0.4) is 0 Å². The molecule has 9 heteroatoms. The topological polar surface area (TPSA) is 67.4 Å². The van der Waals surface area contributed by atoms with Crippen LogP contribution in [0.4, 0.5) is 4.39 Å². The van der Waals surface area contributed by atoms with Gasteiger partial charge < -0.3 is 24.8 Å². The summed E-state index contributed by atoms with van der Waals surface area (Å²) in [6, 6.07) is 3.43. The predicted molar refractivity (Wildman–Crippen MR) is 126 cm³/mol. The van der Waals surface area contributed by atoms with Gasteiger partial charge in [0.05, 0.1) is 19.8 Å². The van der Waals surface area contributed by atoms with Crippen molar-refractivity contribution in [3.8, 4) is 5.75 Å². The third-order valence-electron chi connectivity index (χ3n) is 5.42. The van der Waals surface area contributed by atoms with Crippen LogP contribution in [0.2, 0.25) is 0 Å². The molecule has 2 aliphatic heterocycles. The Kier molecular flexibility index (Phi) is 10.6. The molecule has 1 unspecified atom stereocenters. The third kappa shape index (κ3) is 6.93. The predicted octanol–water partition coefficient (Wildman–Crippen LogP) is 2.37. The number of rotatable bonds is 7. The molecule has 0 radical (unpaired) electrons. The molecule has 30 heavy (non-hydrogen) atoms. The number of aliphatic imine (C=N–C) groups is 1. The summed E-state index contributed by atoms with van der Waals surface area (Å²) in [7, 11) is 1.76. The molecule has 0 aromatic heterocycles. The van der Waals surface area contributed by atoms with E-state index in [4.69, 9.17) is 14.2 Å². The Hall–Kier alpha value is -1.17. The molecule has 0 bridgehead atoms. The zero-order chi connectivity index (χ0) is 20.6.